The number of carboxylic acid groups (broad SMARTS) is 1. The van der Waals surface area contributed by atoms with Gasteiger partial charge < -0.3 is 10.4 Å². The minimum absolute atomic E-state index is 0.0333. The van der Waals surface area contributed by atoms with Crippen molar-refractivity contribution in [3.05, 3.63) is 108 Å². The topological polar surface area (TPSA) is 116 Å². The van der Waals surface area contributed by atoms with Crippen molar-refractivity contribution >= 4 is 40.2 Å². The summed E-state index contributed by atoms with van der Waals surface area (Å²) in [6.07, 6.45) is -4.80. The zero-order chi connectivity index (χ0) is 30.7. The summed E-state index contributed by atoms with van der Waals surface area (Å²) in [7, 11) is 0. The van der Waals surface area contributed by atoms with Crippen molar-refractivity contribution in [3.8, 4) is 28.6 Å². The highest BCUT2D eigenvalue weighted by molar-refractivity contribution is 8.00. The van der Waals surface area contributed by atoms with Crippen molar-refractivity contribution in [1.29, 1.82) is 5.26 Å². The SMILES string of the molecule is CC(Sc1nc(-c2ccccc2)cc(C(F)(F)F)c1C#N)C(=O)Nc1ccc(-c2cc(C(=O)O)c3ccccc3n2)cc1. The molecule has 0 aliphatic carbocycles. The number of rotatable bonds is 7. The van der Waals surface area contributed by atoms with Crippen LogP contribution >= 0.6 is 11.8 Å². The average Bonchev–Trinajstić information content (AvgIpc) is 3.00. The van der Waals surface area contributed by atoms with Crippen LogP contribution in [0.3, 0.4) is 0 Å². The molecule has 1 amide bonds. The number of hydrogen-bond donors (Lipinski definition) is 2. The summed E-state index contributed by atoms with van der Waals surface area (Å²) >= 11 is 0.755. The Balaban J connectivity index is 1.38. The van der Waals surface area contributed by atoms with Crippen molar-refractivity contribution in [3.63, 3.8) is 0 Å². The number of amides is 1. The third kappa shape index (κ3) is 6.34. The van der Waals surface area contributed by atoms with Gasteiger partial charge in [-0.15, -0.1) is 0 Å². The number of aromatic carboxylic acids is 1. The van der Waals surface area contributed by atoms with Crippen LogP contribution in [0.5, 0.6) is 0 Å². The molecule has 0 aliphatic rings. The van der Waals surface area contributed by atoms with E-state index in [1.165, 1.54) is 13.0 Å². The molecule has 5 aromatic rings. The monoisotopic (exact) mass is 598 g/mol. The number of halogens is 3. The van der Waals surface area contributed by atoms with E-state index in [2.05, 4.69) is 15.3 Å². The Kier molecular flexibility index (Phi) is 8.14. The molecule has 5 rings (SSSR count). The number of fused-ring (bicyclic) bond motifs is 1. The number of nitriles is 1. The highest BCUT2D eigenvalue weighted by Gasteiger charge is 2.36. The fourth-order valence-electron chi connectivity index (χ4n) is 4.38. The quantitative estimate of drug-likeness (QED) is 0.185. The molecule has 0 bridgehead atoms. The largest absolute Gasteiger partial charge is 0.478 e. The number of nitrogens with zero attached hydrogens (tertiary/aromatic N) is 3. The molecule has 0 saturated heterocycles. The van der Waals surface area contributed by atoms with E-state index >= 15 is 0 Å². The molecular weight excluding hydrogens is 577 g/mol. The van der Waals surface area contributed by atoms with Crippen molar-refractivity contribution in [2.75, 3.05) is 5.32 Å². The number of aromatic nitrogens is 2. The summed E-state index contributed by atoms with van der Waals surface area (Å²) < 4.78 is 41.7. The Morgan fingerprint density at radius 2 is 1.53 bits per heavy atom. The van der Waals surface area contributed by atoms with Gasteiger partial charge in [0.1, 0.15) is 11.1 Å². The predicted octanol–water partition coefficient (Wildman–Crippen LogP) is 7.67. The highest BCUT2D eigenvalue weighted by Crippen LogP contribution is 2.39. The summed E-state index contributed by atoms with van der Waals surface area (Å²) in [5.41, 5.74) is 0.797. The number of anilines is 1. The van der Waals surface area contributed by atoms with Crippen molar-refractivity contribution in [2.24, 2.45) is 0 Å². The zero-order valence-electron chi connectivity index (χ0n) is 22.4. The summed E-state index contributed by atoms with van der Waals surface area (Å²) in [6, 6.07) is 25.7. The number of carbonyl (C=O) groups excluding carboxylic acids is 1. The second-order valence-corrected chi connectivity index (χ2v) is 10.7. The van der Waals surface area contributed by atoms with E-state index < -0.39 is 34.4 Å². The molecule has 0 fully saturated rings. The van der Waals surface area contributed by atoms with Crippen LogP contribution in [0.2, 0.25) is 0 Å². The number of carbonyl (C=O) groups is 2. The maximum Gasteiger partial charge on any atom is 0.417 e. The van der Waals surface area contributed by atoms with Crippen LogP contribution in [0.4, 0.5) is 18.9 Å². The molecule has 0 aliphatic heterocycles. The smallest absolute Gasteiger partial charge is 0.417 e. The van der Waals surface area contributed by atoms with Crippen LogP contribution in [0.1, 0.15) is 28.4 Å². The van der Waals surface area contributed by atoms with Crippen LogP contribution < -0.4 is 5.32 Å². The maximum atomic E-state index is 13.9. The van der Waals surface area contributed by atoms with Crippen LogP contribution in [-0.2, 0) is 11.0 Å². The molecule has 11 heteroatoms. The van der Waals surface area contributed by atoms with Gasteiger partial charge >= 0.3 is 12.1 Å². The minimum Gasteiger partial charge on any atom is -0.478 e. The van der Waals surface area contributed by atoms with Gasteiger partial charge in [0.05, 0.1) is 38.8 Å². The molecule has 7 nitrogen and oxygen atoms in total. The van der Waals surface area contributed by atoms with Gasteiger partial charge in [0.25, 0.3) is 0 Å². The van der Waals surface area contributed by atoms with Gasteiger partial charge in [-0.3, -0.25) is 4.79 Å². The number of nitrogens with one attached hydrogen (secondary N) is 1. The first-order valence-corrected chi connectivity index (χ1v) is 13.7. The number of para-hydroxylation sites is 1. The summed E-state index contributed by atoms with van der Waals surface area (Å²) in [5.74, 6) is -1.60. The number of benzene rings is 3. The summed E-state index contributed by atoms with van der Waals surface area (Å²) in [4.78, 5) is 33.7. The van der Waals surface area contributed by atoms with Gasteiger partial charge in [-0.2, -0.15) is 18.4 Å². The molecule has 3 aromatic carbocycles. The molecule has 2 N–H and O–H groups in total. The molecule has 1 unspecified atom stereocenters. The van der Waals surface area contributed by atoms with Gasteiger partial charge in [-0.05, 0) is 37.3 Å². The number of carboxylic acids is 1. The van der Waals surface area contributed by atoms with Gasteiger partial charge in [0.15, 0.2) is 0 Å². The standard InChI is InChI=1S/C32H21F3N4O3S/c1-18(43-30-24(17-36)25(32(33,34)35)16-28(39-30)19-7-3-2-4-8-19)29(40)37-21-13-11-20(12-14-21)27-15-23(31(41)42)22-9-5-6-10-26(22)38-27/h2-16,18H,1H3,(H,37,40)(H,41,42). The van der Waals surface area contributed by atoms with Crippen LogP contribution in [0.15, 0.2) is 96.0 Å². The molecule has 2 aromatic heterocycles. The Bertz CT molecular complexity index is 1890. The van der Waals surface area contributed by atoms with E-state index in [0.29, 0.717) is 33.4 Å². The van der Waals surface area contributed by atoms with E-state index in [1.54, 1.807) is 84.9 Å². The normalized spacial score (nSPS) is 12.0. The summed E-state index contributed by atoms with van der Waals surface area (Å²) in [6.45, 7) is 1.51. The minimum atomic E-state index is -4.80. The van der Waals surface area contributed by atoms with Crippen LogP contribution in [-0.4, -0.2) is 32.2 Å². The zero-order valence-corrected chi connectivity index (χ0v) is 23.2. The van der Waals surface area contributed by atoms with Gasteiger partial charge in [-0.25, -0.2) is 14.8 Å². The Morgan fingerprint density at radius 1 is 0.907 bits per heavy atom. The third-order valence-electron chi connectivity index (χ3n) is 6.53. The van der Waals surface area contributed by atoms with E-state index in [-0.39, 0.29) is 16.3 Å². The lowest BCUT2D eigenvalue weighted by Crippen LogP contribution is -2.23. The molecule has 1 atom stereocenters. The molecule has 0 spiro atoms. The highest BCUT2D eigenvalue weighted by atomic mass is 32.2. The van der Waals surface area contributed by atoms with Crippen molar-refractivity contribution in [1.82, 2.24) is 9.97 Å². The lowest BCUT2D eigenvalue weighted by Gasteiger charge is -2.17. The van der Waals surface area contributed by atoms with Gasteiger partial charge in [-0.1, -0.05) is 72.4 Å². The van der Waals surface area contributed by atoms with E-state index in [9.17, 15) is 33.1 Å². The first kappa shape index (κ1) is 29.3. The Morgan fingerprint density at radius 3 is 2.19 bits per heavy atom. The van der Waals surface area contributed by atoms with E-state index in [1.807, 2.05) is 0 Å². The van der Waals surface area contributed by atoms with Crippen molar-refractivity contribution < 1.29 is 27.9 Å². The predicted molar refractivity (Wildman–Crippen MR) is 157 cm³/mol. The average molecular weight is 599 g/mol. The van der Waals surface area contributed by atoms with Gasteiger partial charge in [0, 0.05) is 22.2 Å². The Labute approximate surface area is 248 Å². The summed E-state index contributed by atoms with van der Waals surface area (Å²) in [5, 5.41) is 21.4. The number of hydrogen-bond acceptors (Lipinski definition) is 6. The number of pyridine rings is 2. The number of thioether (sulfide) groups is 1. The molecule has 43 heavy (non-hydrogen) atoms. The second-order valence-electron chi connectivity index (χ2n) is 9.41. The molecule has 214 valence electrons. The lowest BCUT2D eigenvalue weighted by atomic mass is 10.0. The first-order valence-electron chi connectivity index (χ1n) is 12.8. The lowest BCUT2D eigenvalue weighted by molar-refractivity contribution is -0.138. The van der Waals surface area contributed by atoms with Crippen LogP contribution in [0, 0.1) is 11.3 Å². The van der Waals surface area contributed by atoms with Crippen molar-refractivity contribution in [2.45, 2.75) is 23.4 Å². The number of alkyl halides is 3. The maximum absolute atomic E-state index is 13.9. The fourth-order valence-corrected chi connectivity index (χ4v) is 5.31. The van der Waals surface area contributed by atoms with E-state index in [4.69, 9.17) is 0 Å². The van der Waals surface area contributed by atoms with E-state index in [0.717, 1.165) is 17.8 Å². The second kappa shape index (κ2) is 12.0. The molecule has 0 saturated carbocycles. The molecule has 0 radical (unpaired) electrons. The Hall–Kier alpha value is -5.21. The molecular formula is C32H21F3N4O3S. The first-order chi connectivity index (χ1) is 20.5. The fraction of sp³-hybridized carbons (Fsp3) is 0.0938. The third-order valence-corrected chi connectivity index (χ3v) is 7.61. The van der Waals surface area contributed by atoms with Crippen LogP contribution in [0.25, 0.3) is 33.4 Å². The van der Waals surface area contributed by atoms with Gasteiger partial charge in [0.2, 0.25) is 5.91 Å². The molecule has 2 heterocycles.